The van der Waals surface area contributed by atoms with Crippen LogP contribution >= 0.6 is 0 Å². The van der Waals surface area contributed by atoms with E-state index in [1.54, 1.807) is 24.3 Å². The summed E-state index contributed by atoms with van der Waals surface area (Å²) < 4.78 is 24.2. The van der Waals surface area contributed by atoms with Gasteiger partial charge in [0.05, 0.1) is 0 Å². The number of benzene rings is 2. The van der Waals surface area contributed by atoms with E-state index >= 15 is 0 Å². The first-order chi connectivity index (χ1) is 8.58. The van der Waals surface area contributed by atoms with Gasteiger partial charge in [-0.15, -0.1) is 0 Å². The van der Waals surface area contributed by atoms with Gasteiger partial charge >= 0.3 is 0 Å². The normalized spacial score (nSPS) is 8.56. The summed E-state index contributed by atoms with van der Waals surface area (Å²) in [5, 5.41) is 0. The topological polar surface area (TPSA) is 0 Å². The van der Waals surface area contributed by atoms with Crippen LogP contribution in [0.2, 0.25) is 0 Å². The maximum Gasteiger partial charge on any atom is 0.123 e. The number of hydrogen-bond donors (Lipinski definition) is 0. The fourth-order valence-corrected chi connectivity index (χ4v) is 1.07. The Kier molecular flexibility index (Phi) is 8.46. The van der Waals surface area contributed by atoms with Crippen molar-refractivity contribution in [1.82, 2.24) is 0 Å². The molecule has 0 nitrogen and oxygen atoms in total. The van der Waals surface area contributed by atoms with Gasteiger partial charge in [0.1, 0.15) is 11.6 Å². The fourth-order valence-electron chi connectivity index (χ4n) is 1.07. The Morgan fingerprint density at radius 2 is 0.778 bits per heavy atom. The summed E-state index contributed by atoms with van der Waals surface area (Å²) in [7, 11) is 0. The molecule has 2 heteroatoms. The molecule has 0 aliphatic heterocycles. The molecule has 18 heavy (non-hydrogen) atoms. The van der Waals surface area contributed by atoms with E-state index in [1.165, 1.54) is 24.3 Å². The molecule has 2 aromatic carbocycles. The van der Waals surface area contributed by atoms with Crippen molar-refractivity contribution in [3.8, 4) is 0 Å². The van der Waals surface area contributed by atoms with E-state index in [1.807, 2.05) is 27.7 Å². The molecule has 0 spiro atoms. The zero-order valence-electron chi connectivity index (χ0n) is 11.4. The van der Waals surface area contributed by atoms with E-state index in [4.69, 9.17) is 0 Å². The van der Waals surface area contributed by atoms with Gasteiger partial charge in [0, 0.05) is 0 Å². The molecule has 0 bridgehead atoms. The lowest BCUT2D eigenvalue weighted by Crippen LogP contribution is -1.71. The second kappa shape index (κ2) is 9.34. The molecule has 2 rings (SSSR count). The summed E-state index contributed by atoms with van der Waals surface area (Å²) in [5.41, 5.74) is 2.18. The first kappa shape index (κ1) is 16.3. The van der Waals surface area contributed by atoms with E-state index in [-0.39, 0.29) is 11.6 Å². The Morgan fingerprint density at radius 3 is 0.944 bits per heavy atom. The van der Waals surface area contributed by atoms with Gasteiger partial charge in [0.25, 0.3) is 0 Å². The third-order valence-electron chi connectivity index (χ3n) is 2.02. The molecule has 0 amide bonds. The van der Waals surface area contributed by atoms with Gasteiger partial charge in [-0.2, -0.15) is 0 Å². The Balaban J connectivity index is 0.000000283. The summed E-state index contributed by atoms with van der Waals surface area (Å²) in [6, 6.07) is 12.8. The molecule has 0 unspecified atom stereocenters. The highest BCUT2D eigenvalue weighted by molar-refractivity contribution is 5.14. The molecule has 98 valence electrons. The monoisotopic (exact) mass is 250 g/mol. The van der Waals surface area contributed by atoms with Crippen LogP contribution in [0.25, 0.3) is 0 Å². The van der Waals surface area contributed by atoms with Crippen LogP contribution in [0.4, 0.5) is 8.78 Å². The van der Waals surface area contributed by atoms with Crippen molar-refractivity contribution in [2.45, 2.75) is 27.7 Å². The molecular formula is C16H20F2. The highest BCUT2D eigenvalue weighted by atomic mass is 19.1. The average Bonchev–Trinajstić information content (AvgIpc) is 2.40. The minimum Gasteiger partial charge on any atom is -0.207 e. The van der Waals surface area contributed by atoms with Crippen molar-refractivity contribution in [2.75, 3.05) is 0 Å². The zero-order chi connectivity index (χ0) is 14.0. The minimum atomic E-state index is -0.171. The second-order valence-corrected chi connectivity index (χ2v) is 3.59. The van der Waals surface area contributed by atoms with Crippen LogP contribution < -0.4 is 0 Å². The van der Waals surface area contributed by atoms with Crippen molar-refractivity contribution in [3.05, 3.63) is 71.3 Å². The number of halogens is 2. The van der Waals surface area contributed by atoms with Crippen molar-refractivity contribution in [2.24, 2.45) is 0 Å². The highest BCUT2D eigenvalue weighted by Gasteiger charge is 1.84. The zero-order valence-corrected chi connectivity index (χ0v) is 11.4. The van der Waals surface area contributed by atoms with Crippen molar-refractivity contribution < 1.29 is 8.78 Å². The van der Waals surface area contributed by atoms with E-state index in [0.717, 1.165) is 11.1 Å². The smallest absolute Gasteiger partial charge is 0.123 e. The molecule has 0 radical (unpaired) electrons. The Hall–Kier alpha value is -1.70. The number of rotatable bonds is 0. The molecule has 2 aromatic rings. The summed E-state index contributed by atoms with van der Waals surface area (Å²) >= 11 is 0. The fraction of sp³-hybridized carbons (Fsp3) is 0.250. The standard InChI is InChI=1S/2C7H7F.C2H6/c2*1-6-2-4-7(8)5-3-6;1-2/h2*2-5H,1H3;1-2H3. The Labute approximate surface area is 108 Å². The molecule has 0 aliphatic carbocycles. The van der Waals surface area contributed by atoms with Crippen LogP contribution in [-0.2, 0) is 0 Å². The van der Waals surface area contributed by atoms with Gasteiger partial charge in [-0.25, -0.2) is 8.78 Å². The lowest BCUT2D eigenvalue weighted by atomic mass is 10.2. The Bertz CT molecular complexity index is 330. The van der Waals surface area contributed by atoms with Gasteiger partial charge in [0.2, 0.25) is 0 Å². The molecule has 0 atom stereocenters. The number of hydrogen-bond acceptors (Lipinski definition) is 0. The predicted octanol–water partition coefficient (Wildman–Crippen LogP) is 5.29. The van der Waals surface area contributed by atoms with Crippen molar-refractivity contribution in [3.63, 3.8) is 0 Å². The van der Waals surface area contributed by atoms with Crippen molar-refractivity contribution >= 4 is 0 Å². The molecule has 0 saturated heterocycles. The molecule has 0 aliphatic rings. The molecule has 0 saturated carbocycles. The molecule has 0 fully saturated rings. The number of aryl methyl sites for hydroxylation is 2. The Morgan fingerprint density at radius 1 is 0.556 bits per heavy atom. The SMILES string of the molecule is CC.Cc1ccc(F)cc1.Cc1ccc(F)cc1. The van der Waals surface area contributed by atoms with Gasteiger partial charge in [-0.1, -0.05) is 49.2 Å². The van der Waals surface area contributed by atoms with Crippen LogP contribution in [0.15, 0.2) is 48.5 Å². The molecule has 0 N–H and O–H groups in total. The largest absolute Gasteiger partial charge is 0.207 e. The van der Waals surface area contributed by atoms with Crippen LogP contribution in [0, 0.1) is 25.5 Å². The van der Waals surface area contributed by atoms with Gasteiger partial charge < -0.3 is 0 Å². The van der Waals surface area contributed by atoms with E-state index in [9.17, 15) is 8.78 Å². The van der Waals surface area contributed by atoms with Gasteiger partial charge in [0.15, 0.2) is 0 Å². The van der Waals surface area contributed by atoms with Crippen LogP contribution in [-0.4, -0.2) is 0 Å². The molecule has 0 aromatic heterocycles. The summed E-state index contributed by atoms with van der Waals surface area (Å²) in [6.45, 7) is 7.86. The first-order valence-corrected chi connectivity index (χ1v) is 6.02. The summed E-state index contributed by atoms with van der Waals surface area (Å²) in [6.07, 6.45) is 0. The lowest BCUT2D eigenvalue weighted by molar-refractivity contribution is 0.627. The van der Waals surface area contributed by atoms with Crippen LogP contribution in [0.3, 0.4) is 0 Å². The van der Waals surface area contributed by atoms with Crippen LogP contribution in [0.1, 0.15) is 25.0 Å². The molecule has 0 heterocycles. The van der Waals surface area contributed by atoms with Gasteiger partial charge in [-0.05, 0) is 38.1 Å². The maximum atomic E-state index is 12.1. The highest BCUT2D eigenvalue weighted by Crippen LogP contribution is 1.99. The minimum absolute atomic E-state index is 0.171. The third kappa shape index (κ3) is 7.55. The van der Waals surface area contributed by atoms with Crippen molar-refractivity contribution in [1.29, 1.82) is 0 Å². The van der Waals surface area contributed by atoms with Crippen LogP contribution in [0.5, 0.6) is 0 Å². The molecular weight excluding hydrogens is 230 g/mol. The van der Waals surface area contributed by atoms with E-state index < -0.39 is 0 Å². The lowest BCUT2D eigenvalue weighted by Gasteiger charge is -1.87. The second-order valence-electron chi connectivity index (χ2n) is 3.59. The summed E-state index contributed by atoms with van der Waals surface area (Å²) in [5.74, 6) is -0.341. The predicted molar refractivity (Wildman–Crippen MR) is 73.6 cm³/mol. The first-order valence-electron chi connectivity index (χ1n) is 6.02. The average molecular weight is 250 g/mol. The van der Waals surface area contributed by atoms with Gasteiger partial charge in [-0.3, -0.25) is 0 Å². The maximum absolute atomic E-state index is 12.1. The quantitative estimate of drug-likeness (QED) is 0.595. The third-order valence-corrected chi connectivity index (χ3v) is 2.02. The van der Waals surface area contributed by atoms with E-state index in [0.29, 0.717) is 0 Å². The van der Waals surface area contributed by atoms with E-state index in [2.05, 4.69) is 0 Å². The summed E-state index contributed by atoms with van der Waals surface area (Å²) in [4.78, 5) is 0.